The number of carbonyl (C=O) groups excluding carboxylic acids is 2. The van der Waals surface area contributed by atoms with Crippen LogP contribution >= 0.6 is 11.6 Å². The summed E-state index contributed by atoms with van der Waals surface area (Å²) in [5.74, 6) is -1.36. The van der Waals surface area contributed by atoms with E-state index in [0.717, 1.165) is 11.4 Å². The summed E-state index contributed by atoms with van der Waals surface area (Å²) in [4.78, 5) is 32.3. The molecule has 0 aliphatic carbocycles. The van der Waals surface area contributed by atoms with Gasteiger partial charge in [0, 0.05) is 51.3 Å². The van der Waals surface area contributed by atoms with Crippen LogP contribution in [-0.2, 0) is 9.59 Å². The molecular weight excluding hydrogens is 506 g/mol. The highest BCUT2D eigenvalue weighted by atomic mass is 35.5. The second kappa shape index (κ2) is 10.7. The molecule has 4 rings (SSSR count). The van der Waals surface area contributed by atoms with Crippen LogP contribution < -0.4 is 24.2 Å². The predicted molar refractivity (Wildman–Crippen MR) is 151 cm³/mol. The minimum absolute atomic E-state index is 0.0659. The van der Waals surface area contributed by atoms with E-state index in [9.17, 15) is 14.7 Å². The molecule has 1 amide bonds. The van der Waals surface area contributed by atoms with Gasteiger partial charge in [-0.25, -0.2) is 0 Å². The molecule has 0 saturated carbocycles. The number of hydrogen-bond donors (Lipinski definition) is 1. The van der Waals surface area contributed by atoms with Crippen molar-refractivity contribution in [3.63, 3.8) is 0 Å². The molecule has 9 heteroatoms. The Morgan fingerprint density at radius 1 is 0.842 bits per heavy atom. The number of benzene rings is 3. The first-order valence-electron chi connectivity index (χ1n) is 11.9. The van der Waals surface area contributed by atoms with E-state index >= 15 is 0 Å². The van der Waals surface area contributed by atoms with Gasteiger partial charge in [-0.05, 0) is 48.0 Å². The van der Waals surface area contributed by atoms with E-state index in [0.29, 0.717) is 17.0 Å². The van der Waals surface area contributed by atoms with Crippen molar-refractivity contribution < 1.29 is 24.2 Å². The Hall–Kier alpha value is -4.17. The van der Waals surface area contributed by atoms with Crippen LogP contribution in [0.4, 0.5) is 17.1 Å². The van der Waals surface area contributed by atoms with Gasteiger partial charge in [-0.15, -0.1) is 0 Å². The summed E-state index contributed by atoms with van der Waals surface area (Å²) in [6.07, 6.45) is 0. The summed E-state index contributed by atoms with van der Waals surface area (Å²) < 4.78 is 10.7. The lowest BCUT2D eigenvalue weighted by Gasteiger charge is -2.26. The number of Topliss-reactive ketones (excluding diaryl/α,β-unsaturated/α-hetero) is 1. The number of anilines is 3. The Balaban J connectivity index is 1.95. The molecule has 8 nitrogen and oxygen atoms in total. The molecule has 198 valence electrons. The molecule has 1 saturated heterocycles. The number of nitrogens with zero attached hydrogens (tertiary/aromatic N) is 3. The van der Waals surface area contributed by atoms with E-state index in [-0.39, 0.29) is 27.7 Å². The van der Waals surface area contributed by atoms with Gasteiger partial charge < -0.3 is 24.4 Å². The van der Waals surface area contributed by atoms with Crippen molar-refractivity contribution in [3.05, 3.63) is 82.4 Å². The van der Waals surface area contributed by atoms with Gasteiger partial charge in [0.05, 0.1) is 36.4 Å². The third-order valence-corrected chi connectivity index (χ3v) is 6.84. The highest BCUT2D eigenvalue weighted by molar-refractivity contribution is 6.51. The molecule has 0 spiro atoms. The van der Waals surface area contributed by atoms with Crippen molar-refractivity contribution in [2.24, 2.45) is 0 Å². The molecule has 1 heterocycles. The summed E-state index contributed by atoms with van der Waals surface area (Å²) in [7, 11) is 10.6. The molecule has 1 unspecified atom stereocenters. The molecule has 1 fully saturated rings. The van der Waals surface area contributed by atoms with Crippen molar-refractivity contribution in [1.29, 1.82) is 0 Å². The number of aliphatic hydroxyl groups is 1. The maximum absolute atomic E-state index is 13.5. The molecule has 0 bridgehead atoms. The van der Waals surface area contributed by atoms with Gasteiger partial charge >= 0.3 is 0 Å². The fraction of sp³-hybridized carbons (Fsp3) is 0.241. The molecule has 0 aromatic heterocycles. The average Bonchev–Trinajstić information content (AvgIpc) is 3.18. The zero-order valence-corrected chi connectivity index (χ0v) is 22.9. The lowest BCUT2D eigenvalue weighted by molar-refractivity contribution is -0.132. The molecule has 1 aliphatic rings. The third kappa shape index (κ3) is 4.75. The summed E-state index contributed by atoms with van der Waals surface area (Å²) in [5.41, 5.74) is 3.18. The van der Waals surface area contributed by atoms with Crippen LogP contribution in [0, 0.1) is 0 Å². The largest absolute Gasteiger partial charge is 0.507 e. The molecule has 1 N–H and O–H groups in total. The van der Waals surface area contributed by atoms with Crippen LogP contribution in [0.15, 0.2) is 66.2 Å². The Morgan fingerprint density at radius 2 is 1.37 bits per heavy atom. The first-order chi connectivity index (χ1) is 18.1. The van der Waals surface area contributed by atoms with E-state index < -0.39 is 17.7 Å². The smallest absolute Gasteiger partial charge is 0.300 e. The van der Waals surface area contributed by atoms with E-state index in [1.54, 1.807) is 12.1 Å². The maximum atomic E-state index is 13.5. The number of ether oxygens (including phenoxy) is 2. The van der Waals surface area contributed by atoms with Gasteiger partial charge in [-0.1, -0.05) is 23.7 Å². The van der Waals surface area contributed by atoms with Gasteiger partial charge in [0.1, 0.15) is 17.3 Å². The first-order valence-corrected chi connectivity index (χ1v) is 12.2. The van der Waals surface area contributed by atoms with Crippen molar-refractivity contribution >= 4 is 46.1 Å². The summed E-state index contributed by atoms with van der Waals surface area (Å²) >= 11 is 6.35. The molecule has 0 radical (unpaired) electrons. The maximum Gasteiger partial charge on any atom is 0.300 e. The SMILES string of the molecule is COc1cc(OC)c(/C(O)=C2\C(=O)C(=O)N(c3ccc(N(C)C)cc3)C2c2ccc(N(C)C)cc2)cc1Cl. The van der Waals surface area contributed by atoms with Crippen LogP contribution in [0.25, 0.3) is 5.76 Å². The summed E-state index contributed by atoms with van der Waals surface area (Å²) in [6, 6.07) is 16.9. The van der Waals surface area contributed by atoms with Crippen molar-refractivity contribution in [3.8, 4) is 11.5 Å². The van der Waals surface area contributed by atoms with Gasteiger partial charge in [-0.2, -0.15) is 0 Å². The van der Waals surface area contributed by atoms with Crippen LogP contribution in [0.5, 0.6) is 11.5 Å². The molecule has 38 heavy (non-hydrogen) atoms. The molecular formula is C29H30ClN3O5. The summed E-state index contributed by atoms with van der Waals surface area (Å²) in [5, 5.41) is 11.8. The quantitative estimate of drug-likeness (QED) is 0.255. The standard InChI is InChI=1S/C29H30ClN3O5/c1-31(2)18-9-7-17(8-10-18)26-25(27(34)21-15-22(30)24(38-6)16-23(21)37-5)28(35)29(36)33(26)20-13-11-19(12-14-20)32(3)4/h7-16,26,34H,1-6H3/b27-25+. The third-order valence-electron chi connectivity index (χ3n) is 6.54. The lowest BCUT2D eigenvalue weighted by atomic mass is 9.94. The zero-order chi connectivity index (χ0) is 27.7. The predicted octanol–water partition coefficient (Wildman–Crippen LogP) is 5.12. The van der Waals surface area contributed by atoms with Crippen LogP contribution in [-0.4, -0.2) is 59.2 Å². The number of carbonyl (C=O) groups is 2. The Bertz CT molecular complexity index is 1400. The number of rotatable bonds is 7. The van der Waals surface area contributed by atoms with E-state index in [4.69, 9.17) is 21.1 Å². The number of amides is 1. The Kier molecular flexibility index (Phi) is 7.55. The van der Waals surface area contributed by atoms with Crippen molar-refractivity contribution in [1.82, 2.24) is 0 Å². The lowest BCUT2D eigenvalue weighted by Crippen LogP contribution is -2.29. The van der Waals surface area contributed by atoms with Crippen LogP contribution in [0.1, 0.15) is 17.2 Å². The average molecular weight is 536 g/mol. The molecule has 3 aromatic carbocycles. The monoisotopic (exact) mass is 535 g/mol. The molecule has 3 aromatic rings. The van der Waals surface area contributed by atoms with Gasteiger partial charge in [0.2, 0.25) is 0 Å². The van der Waals surface area contributed by atoms with E-state index in [1.165, 1.54) is 31.3 Å². The van der Waals surface area contributed by atoms with E-state index in [1.807, 2.05) is 74.4 Å². The zero-order valence-electron chi connectivity index (χ0n) is 22.2. The van der Waals surface area contributed by atoms with Crippen LogP contribution in [0.3, 0.4) is 0 Å². The number of halogens is 1. The number of hydrogen-bond acceptors (Lipinski definition) is 7. The Labute approximate surface area is 227 Å². The second-order valence-electron chi connectivity index (χ2n) is 9.25. The van der Waals surface area contributed by atoms with Crippen molar-refractivity contribution in [2.45, 2.75) is 6.04 Å². The van der Waals surface area contributed by atoms with E-state index in [2.05, 4.69) is 0 Å². The highest BCUT2D eigenvalue weighted by Crippen LogP contribution is 2.45. The topological polar surface area (TPSA) is 82.5 Å². The number of ketones is 1. The fourth-order valence-corrected chi connectivity index (χ4v) is 4.71. The highest BCUT2D eigenvalue weighted by Gasteiger charge is 2.47. The van der Waals surface area contributed by atoms with Gasteiger partial charge in [-0.3, -0.25) is 14.5 Å². The number of aliphatic hydroxyl groups excluding tert-OH is 1. The first kappa shape index (κ1) is 26.9. The van der Waals surface area contributed by atoms with Gasteiger partial charge in [0.25, 0.3) is 11.7 Å². The minimum atomic E-state index is -0.887. The second-order valence-corrected chi connectivity index (χ2v) is 9.66. The normalized spacial score (nSPS) is 16.5. The van der Waals surface area contributed by atoms with Gasteiger partial charge in [0.15, 0.2) is 0 Å². The molecule has 1 atom stereocenters. The van der Waals surface area contributed by atoms with Crippen LogP contribution in [0.2, 0.25) is 5.02 Å². The van der Waals surface area contributed by atoms with Crippen molar-refractivity contribution in [2.75, 3.05) is 57.1 Å². The Morgan fingerprint density at radius 3 is 1.87 bits per heavy atom. The summed E-state index contributed by atoms with van der Waals surface area (Å²) in [6.45, 7) is 0. The fourth-order valence-electron chi connectivity index (χ4n) is 4.47. The number of methoxy groups -OCH3 is 2. The molecule has 1 aliphatic heterocycles. The minimum Gasteiger partial charge on any atom is -0.507 e.